The molecule has 1 amide bonds. The second-order valence-electron chi connectivity index (χ2n) is 7.26. The molecule has 0 spiro atoms. The summed E-state index contributed by atoms with van der Waals surface area (Å²) in [7, 11) is 0. The zero-order valence-corrected chi connectivity index (χ0v) is 15.0. The van der Waals surface area contributed by atoms with Crippen molar-refractivity contribution in [1.82, 2.24) is 15.3 Å². The summed E-state index contributed by atoms with van der Waals surface area (Å²) >= 11 is 0. The lowest BCUT2D eigenvalue weighted by molar-refractivity contribution is -0.204. The first-order valence-corrected chi connectivity index (χ1v) is 8.36. The van der Waals surface area contributed by atoms with Gasteiger partial charge in [-0.3, -0.25) is 14.6 Å². The number of hydrogen-bond acceptors (Lipinski definition) is 5. The molecule has 1 N–H and O–H groups in total. The molecule has 0 aromatic rings. The molecule has 2 rings (SSSR count). The van der Waals surface area contributed by atoms with Gasteiger partial charge in [-0.1, -0.05) is 12.7 Å². The summed E-state index contributed by atoms with van der Waals surface area (Å²) < 4.78 is 72.0. The molecule has 154 valence electrons. The zero-order chi connectivity index (χ0) is 20.6. The van der Waals surface area contributed by atoms with Crippen LogP contribution in [0.3, 0.4) is 0 Å². The van der Waals surface area contributed by atoms with Crippen molar-refractivity contribution in [2.24, 2.45) is 5.41 Å². The molecular weight excluding hydrogens is 377 g/mol. The van der Waals surface area contributed by atoms with Crippen LogP contribution in [0.5, 0.6) is 0 Å². The number of esters is 1. The highest BCUT2D eigenvalue weighted by atomic mass is 19.4. The first-order valence-electron chi connectivity index (χ1n) is 8.36. The van der Waals surface area contributed by atoms with Crippen molar-refractivity contribution in [3.8, 4) is 0 Å². The van der Waals surface area contributed by atoms with Gasteiger partial charge in [0.15, 0.2) is 0 Å². The number of alkyl halides is 5. The number of amides is 1. The maximum absolute atomic E-state index is 14.2. The molecular formula is C16H22F5N3O3. The largest absolute Gasteiger partial charge is 0.472 e. The summed E-state index contributed by atoms with van der Waals surface area (Å²) in [6, 6.07) is -2.58. The fourth-order valence-corrected chi connectivity index (χ4v) is 3.24. The molecule has 2 atom stereocenters. The van der Waals surface area contributed by atoms with E-state index in [1.807, 2.05) is 0 Å². The van der Waals surface area contributed by atoms with Gasteiger partial charge < -0.3 is 10.1 Å². The van der Waals surface area contributed by atoms with Crippen LogP contribution in [0.1, 0.15) is 20.3 Å². The Balaban J connectivity index is 2.19. The van der Waals surface area contributed by atoms with Gasteiger partial charge in [0.2, 0.25) is 0 Å². The lowest BCUT2D eigenvalue weighted by Crippen LogP contribution is -2.55. The van der Waals surface area contributed by atoms with E-state index in [0.29, 0.717) is 5.01 Å². The van der Waals surface area contributed by atoms with Gasteiger partial charge >= 0.3 is 18.1 Å². The molecule has 6 nitrogen and oxygen atoms in total. The van der Waals surface area contributed by atoms with Crippen LogP contribution in [0.4, 0.5) is 22.0 Å². The highest BCUT2D eigenvalue weighted by Gasteiger charge is 2.61. The Morgan fingerprint density at radius 1 is 1.33 bits per heavy atom. The van der Waals surface area contributed by atoms with Gasteiger partial charge in [-0.2, -0.15) is 13.2 Å². The topological polar surface area (TPSA) is 61.9 Å². The van der Waals surface area contributed by atoms with E-state index in [2.05, 4.69) is 11.9 Å². The highest BCUT2D eigenvalue weighted by molar-refractivity contribution is 5.82. The van der Waals surface area contributed by atoms with E-state index in [1.54, 1.807) is 0 Å². The Labute approximate surface area is 153 Å². The normalized spacial score (nSPS) is 25.4. The average molecular weight is 399 g/mol. The number of carbonyl (C=O) groups is 2. The van der Waals surface area contributed by atoms with Crippen LogP contribution in [0.15, 0.2) is 12.7 Å². The number of nitrogens with zero attached hydrogens (tertiary/aromatic N) is 2. The van der Waals surface area contributed by atoms with Crippen LogP contribution in [0, 0.1) is 5.41 Å². The minimum absolute atomic E-state index is 0.0443. The van der Waals surface area contributed by atoms with Crippen molar-refractivity contribution in [2.75, 3.05) is 26.2 Å². The van der Waals surface area contributed by atoms with Crippen molar-refractivity contribution >= 4 is 11.9 Å². The third-order valence-corrected chi connectivity index (χ3v) is 4.74. The number of fused-ring (bicyclic) bond motifs is 1. The van der Waals surface area contributed by atoms with Crippen LogP contribution >= 0.6 is 0 Å². The Kier molecular flexibility index (Phi) is 5.86. The van der Waals surface area contributed by atoms with Crippen LogP contribution < -0.4 is 5.32 Å². The molecule has 0 saturated carbocycles. The zero-order valence-electron chi connectivity index (χ0n) is 15.0. The summed E-state index contributed by atoms with van der Waals surface area (Å²) in [5.74, 6) is -6.15. The van der Waals surface area contributed by atoms with Crippen molar-refractivity contribution < 1.29 is 36.3 Å². The first kappa shape index (κ1) is 21.5. The third-order valence-electron chi connectivity index (χ3n) is 4.74. The molecule has 0 aliphatic carbocycles. The van der Waals surface area contributed by atoms with Gasteiger partial charge in [-0.25, -0.2) is 13.8 Å². The van der Waals surface area contributed by atoms with Crippen molar-refractivity contribution in [3.63, 3.8) is 0 Å². The molecule has 2 aliphatic rings. The number of hydrogen-bond donors (Lipinski definition) is 1. The highest BCUT2D eigenvalue weighted by Crippen LogP contribution is 2.38. The third kappa shape index (κ3) is 4.40. The van der Waals surface area contributed by atoms with E-state index in [1.165, 1.54) is 19.9 Å². The van der Waals surface area contributed by atoms with Gasteiger partial charge in [-0.05, 0) is 20.3 Å². The van der Waals surface area contributed by atoms with Gasteiger partial charge in [-0.15, -0.1) is 0 Å². The van der Waals surface area contributed by atoms with Crippen LogP contribution in [0.25, 0.3) is 0 Å². The molecule has 2 heterocycles. The summed E-state index contributed by atoms with van der Waals surface area (Å²) in [5.41, 5.74) is -1.14. The maximum Gasteiger partial charge on any atom is 0.472 e. The second-order valence-corrected chi connectivity index (χ2v) is 7.26. The van der Waals surface area contributed by atoms with Crippen LogP contribution in [-0.2, 0) is 14.3 Å². The van der Waals surface area contributed by atoms with Gasteiger partial charge in [0, 0.05) is 12.6 Å². The molecule has 2 aliphatic heterocycles. The van der Waals surface area contributed by atoms with E-state index < -0.39 is 54.6 Å². The van der Waals surface area contributed by atoms with Crippen molar-refractivity contribution in [1.29, 1.82) is 0 Å². The molecule has 2 fully saturated rings. The number of hydrazine groups is 1. The molecule has 27 heavy (non-hydrogen) atoms. The Morgan fingerprint density at radius 3 is 2.52 bits per heavy atom. The van der Waals surface area contributed by atoms with E-state index in [9.17, 15) is 31.5 Å². The summed E-state index contributed by atoms with van der Waals surface area (Å²) in [4.78, 5) is 23.8. The standard InChI is InChI=1S/C16H22F5N3O3/c1-4-7-27-13(26)14(2,3)5-6-23-11-10(22-9-15(11,17)18)8-24(23)12(25)16(19,20)21/h4,10-11,22H,1,5-9H2,2-3H3/t10-,11+/m0/s1. The fraction of sp³-hybridized carbons (Fsp3) is 0.750. The predicted molar refractivity (Wildman–Crippen MR) is 84.6 cm³/mol. The number of nitrogens with one attached hydrogen (secondary N) is 1. The predicted octanol–water partition coefficient (Wildman–Crippen LogP) is 1.73. The van der Waals surface area contributed by atoms with Gasteiger partial charge in [0.1, 0.15) is 12.6 Å². The Morgan fingerprint density at radius 2 is 1.96 bits per heavy atom. The van der Waals surface area contributed by atoms with Crippen LogP contribution in [0.2, 0.25) is 0 Å². The van der Waals surface area contributed by atoms with Gasteiger partial charge in [0.05, 0.1) is 18.5 Å². The molecule has 0 aromatic carbocycles. The molecule has 0 radical (unpaired) electrons. The molecule has 0 unspecified atom stereocenters. The van der Waals surface area contributed by atoms with Crippen molar-refractivity contribution in [2.45, 2.75) is 44.5 Å². The minimum atomic E-state index is -5.19. The van der Waals surface area contributed by atoms with Crippen LogP contribution in [-0.4, -0.2) is 72.3 Å². The number of rotatable bonds is 6. The summed E-state index contributed by atoms with van der Waals surface area (Å²) in [5, 5.41) is 3.51. The number of carbonyl (C=O) groups excluding carboxylic acids is 2. The quantitative estimate of drug-likeness (QED) is 0.419. The smallest absolute Gasteiger partial charge is 0.461 e. The van der Waals surface area contributed by atoms with Gasteiger partial charge in [0.25, 0.3) is 5.92 Å². The monoisotopic (exact) mass is 399 g/mol. The maximum atomic E-state index is 14.2. The van der Waals surface area contributed by atoms with E-state index in [4.69, 9.17) is 4.74 Å². The molecule has 2 saturated heterocycles. The molecule has 0 aromatic heterocycles. The van der Waals surface area contributed by atoms with E-state index in [-0.39, 0.29) is 19.6 Å². The second kappa shape index (κ2) is 7.34. The first-order chi connectivity index (χ1) is 12.3. The van der Waals surface area contributed by atoms with E-state index >= 15 is 0 Å². The minimum Gasteiger partial charge on any atom is -0.461 e. The lowest BCUT2D eigenvalue weighted by Gasteiger charge is -2.36. The Bertz CT molecular complexity index is 609. The lowest BCUT2D eigenvalue weighted by atomic mass is 9.89. The van der Waals surface area contributed by atoms with Crippen molar-refractivity contribution in [3.05, 3.63) is 12.7 Å². The number of halogens is 5. The summed E-state index contributed by atoms with van der Waals surface area (Å²) in [6.07, 6.45) is -3.91. The molecule has 0 bridgehead atoms. The molecule has 11 heteroatoms. The fourth-order valence-electron chi connectivity index (χ4n) is 3.24. The Hall–Kier alpha value is -1.75. The van der Waals surface area contributed by atoms with E-state index in [0.717, 1.165) is 5.01 Å². The summed E-state index contributed by atoms with van der Waals surface area (Å²) in [6.45, 7) is 4.81. The average Bonchev–Trinajstić information content (AvgIpc) is 3.06. The number of ether oxygens (including phenoxy) is 1. The SMILES string of the molecule is C=CCOC(=O)C(C)(C)CCN1[C@@H]2[C@H](CN1C(=O)C(F)(F)F)NCC2(F)F.